The smallest absolute Gasteiger partial charge is 0.354 e. The molecule has 1 heterocycles. The monoisotopic (exact) mass is 253 g/mol. The second-order valence-electron chi connectivity index (χ2n) is 5.33. The lowest BCUT2D eigenvalue weighted by atomic mass is 9.86. The average Bonchev–Trinajstić information content (AvgIpc) is 2.13. The van der Waals surface area contributed by atoms with Crippen LogP contribution in [0.4, 0.5) is 5.95 Å². The number of carboxylic acids is 1. The molecule has 0 radical (unpaired) electrons. The lowest BCUT2D eigenvalue weighted by Crippen LogP contribution is -2.51. The Morgan fingerprint density at radius 1 is 1.28 bits per heavy atom. The van der Waals surface area contributed by atoms with E-state index in [1.54, 1.807) is 34.6 Å². The highest BCUT2D eigenvalue weighted by atomic mass is 16.4. The van der Waals surface area contributed by atoms with Gasteiger partial charge in [0.05, 0.1) is 11.1 Å². The molecule has 1 aromatic heterocycles. The summed E-state index contributed by atoms with van der Waals surface area (Å²) in [5.41, 5.74) is -1.23. The molecule has 1 rings (SSSR count). The van der Waals surface area contributed by atoms with Gasteiger partial charge in [0.25, 0.3) is 0 Å². The van der Waals surface area contributed by atoms with Crippen LogP contribution in [0, 0.1) is 6.92 Å². The number of hydrogen-bond donors (Lipinski definition) is 3. The maximum absolute atomic E-state index is 10.9. The van der Waals surface area contributed by atoms with E-state index in [9.17, 15) is 9.90 Å². The van der Waals surface area contributed by atoms with Crippen molar-refractivity contribution in [3.05, 3.63) is 17.5 Å². The molecule has 0 aromatic carbocycles. The molecule has 0 aliphatic heterocycles. The molecule has 0 atom stereocenters. The minimum absolute atomic E-state index is 0.0726. The Kier molecular flexibility index (Phi) is 3.62. The maximum atomic E-state index is 10.9. The van der Waals surface area contributed by atoms with Crippen molar-refractivity contribution >= 4 is 11.9 Å². The minimum atomic E-state index is -1.11. The third-order valence-electron chi connectivity index (χ3n) is 3.03. The van der Waals surface area contributed by atoms with Crippen LogP contribution in [0.1, 0.15) is 43.9 Å². The molecule has 0 unspecified atom stereocenters. The summed E-state index contributed by atoms with van der Waals surface area (Å²) in [6.07, 6.45) is 0. The Hall–Kier alpha value is -1.69. The normalized spacial score (nSPS) is 12.3. The number of aromatic nitrogens is 2. The van der Waals surface area contributed by atoms with Crippen molar-refractivity contribution in [2.45, 2.75) is 45.8 Å². The van der Waals surface area contributed by atoms with Gasteiger partial charge in [0.15, 0.2) is 5.69 Å². The van der Waals surface area contributed by atoms with Gasteiger partial charge >= 0.3 is 5.97 Å². The van der Waals surface area contributed by atoms with Crippen molar-refractivity contribution in [1.82, 2.24) is 9.97 Å². The van der Waals surface area contributed by atoms with Crippen LogP contribution in [0.15, 0.2) is 6.07 Å². The molecule has 0 bridgehead atoms. The number of anilines is 1. The second-order valence-corrected chi connectivity index (χ2v) is 5.33. The van der Waals surface area contributed by atoms with Crippen molar-refractivity contribution < 1.29 is 15.0 Å². The van der Waals surface area contributed by atoms with Crippen LogP contribution < -0.4 is 5.32 Å². The van der Waals surface area contributed by atoms with E-state index in [-0.39, 0.29) is 11.6 Å². The zero-order valence-electron chi connectivity index (χ0n) is 11.3. The third-order valence-corrected chi connectivity index (χ3v) is 3.03. The highest BCUT2D eigenvalue weighted by Crippen LogP contribution is 2.24. The molecule has 0 saturated heterocycles. The SMILES string of the molecule is Cc1cc(C(=O)O)nc(NC(C)(C)C(C)(C)O)n1. The van der Waals surface area contributed by atoms with Crippen molar-refractivity contribution in [2.75, 3.05) is 5.32 Å². The van der Waals surface area contributed by atoms with E-state index in [1.165, 1.54) is 6.07 Å². The maximum Gasteiger partial charge on any atom is 0.354 e. The molecule has 0 amide bonds. The quantitative estimate of drug-likeness (QED) is 0.751. The zero-order chi connectivity index (χ0) is 14.1. The molecule has 6 nitrogen and oxygen atoms in total. The van der Waals surface area contributed by atoms with Crippen molar-refractivity contribution in [3.8, 4) is 0 Å². The van der Waals surface area contributed by atoms with Crippen LogP contribution >= 0.6 is 0 Å². The molecule has 0 saturated carbocycles. The molecule has 18 heavy (non-hydrogen) atoms. The first-order valence-electron chi connectivity index (χ1n) is 5.62. The molecular formula is C12H19N3O3. The fourth-order valence-electron chi connectivity index (χ4n) is 1.17. The Balaban J connectivity index is 3.09. The summed E-state index contributed by atoms with van der Waals surface area (Å²) in [7, 11) is 0. The van der Waals surface area contributed by atoms with Crippen LogP contribution in [0.5, 0.6) is 0 Å². The van der Waals surface area contributed by atoms with Crippen LogP contribution in [-0.4, -0.2) is 37.3 Å². The Bertz CT molecular complexity index is 464. The lowest BCUT2D eigenvalue weighted by Gasteiger charge is -2.38. The van der Waals surface area contributed by atoms with E-state index >= 15 is 0 Å². The van der Waals surface area contributed by atoms with E-state index in [0.717, 1.165) is 0 Å². The van der Waals surface area contributed by atoms with E-state index in [4.69, 9.17) is 5.11 Å². The fraction of sp³-hybridized carbons (Fsp3) is 0.583. The Labute approximate surface area is 106 Å². The number of nitrogens with zero attached hydrogens (tertiary/aromatic N) is 2. The van der Waals surface area contributed by atoms with Crippen molar-refractivity contribution in [3.63, 3.8) is 0 Å². The van der Waals surface area contributed by atoms with Gasteiger partial charge in [-0.05, 0) is 40.7 Å². The summed E-state index contributed by atoms with van der Waals surface area (Å²) in [5.74, 6) is -0.913. The topological polar surface area (TPSA) is 95.3 Å². The van der Waals surface area contributed by atoms with Gasteiger partial charge in [-0.3, -0.25) is 0 Å². The number of carboxylic acid groups (broad SMARTS) is 1. The highest BCUT2D eigenvalue weighted by molar-refractivity contribution is 5.85. The third kappa shape index (κ3) is 3.16. The Morgan fingerprint density at radius 3 is 2.28 bits per heavy atom. The molecule has 0 spiro atoms. The molecule has 0 fully saturated rings. The largest absolute Gasteiger partial charge is 0.477 e. The summed E-state index contributed by atoms with van der Waals surface area (Å²) < 4.78 is 0. The number of rotatable bonds is 4. The summed E-state index contributed by atoms with van der Waals surface area (Å²) in [6, 6.07) is 1.39. The van der Waals surface area contributed by atoms with Gasteiger partial charge in [0, 0.05) is 5.69 Å². The number of hydrogen-bond acceptors (Lipinski definition) is 5. The molecule has 6 heteroatoms. The minimum Gasteiger partial charge on any atom is -0.477 e. The van der Waals surface area contributed by atoms with Gasteiger partial charge in [-0.1, -0.05) is 0 Å². The molecule has 3 N–H and O–H groups in total. The standard InChI is InChI=1S/C12H19N3O3/c1-7-6-8(9(16)17)14-10(13-7)15-11(2,3)12(4,5)18/h6,18H,1-5H3,(H,16,17)(H,13,14,15). The lowest BCUT2D eigenvalue weighted by molar-refractivity contribution is 0.0237. The average molecular weight is 253 g/mol. The number of aromatic carboxylic acids is 1. The summed E-state index contributed by atoms with van der Waals surface area (Å²) >= 11 is 0. The first-order valence-corrected chi connectivity index (χ1v) is 5.62. The number of aliphatic hydroxyl groups is 1. The molecule has 0 aliphatic carbocycles. The van der Waals surface area contributed by atoms with Crippen LogP contribution in [0.2, 0.25) is 0 Å². The van der Waals surface area contributed by atoms with Crippen LogP contribution in [0.3, 0.4) is 0 Å². The van der Waals surface area contributed by atoms with Gasteiger partial charge in [-0.25, -0.2) is 14.8 Å². The Morgan fingerprint density at radius 2 is 1.83 bits per heavy atom. The van der Waals surface area contributed by atoms with E-state index in [1.807, 2.05) is 0 Å². The predicted molar refractivity (Wildman–Crippen MR) is 67.7 cm³/mol. The number of nitrogens with one attached hydrogen (secondary N) is 1. The van der Waals surface area contributed by atoms with Gasteiger partial charge in [0.2, 0.25) is 5.95 Å². The molecule has 100 valence electrons. The van der Waals surface area contributed by atoms with E-state index in [2.05, 4.69) is 15.3 Å². The second kappa shape index (κ2) is 4.53. The summed E-state index contributed by atoms with van der Waals surface area (Å²) in [6.45, 7) is 8.59. The summed E-state index contributed by atoms with van der Waals surface area (Å²) in [4.78, 5) is 18.9. The zero-order valence-corrected chi connectivity index (χ0v) is 11.3. The number of carbonyl (C=O) groups is 1. The highest BCUT2D eigenvalue weighted by Gasteiger charge is 2.35. The van der Waals surface area contributed by atoms with Crippen molar-refractivity contribution in [2.24, 2.45) is 0 Å². The molecule has 0 aliphatic rings. The fourth-order valence-corrected chi connectivity index (χ4v) is 1.17. The van der Waals surface area contributed by atoms with E-state index in [0.29, 0.717) is 5.69 Å². The molecule has 1 aromatic rings. The van der Waals surface area contributed by atoms with Gasteiger partial charge < -0.3 is 15.5 Å². The van der Waals surface area contributed by atoms with Gasteiger partial charge in [-0.15, -0.1) is 0 Å². The predicted octanol–water partition coefficient (Wildman–Crippen LogP) is 1.44. The molecular weight excluding hydrogens is 234 g/mol. The van der Waals surface area contributed by atoms with Crippen LogP contribution in [-0.2, 0) is 0 Å². The van der Waals surface area contributed by atoms with Gasteiger partial charge in [0.1, 0.15) is 0 Å². The number of aryl methyl sites for hydroxylation is 1. The van der Waals surface area contributed by atoms with E-state index < -0.39 is 17.1 Å². The first kappa shape index (κ1) is 14.4. The van der Waals surface area contributed by atoms with Gasteiger partial charge in [-0.2, -0.15) is 0 Å². The van der Waals surface area contributed by atoms with Crippen LogP contribution in [0.25, 0.3) is 0 Å². The summed E-state index contributed by atoms with van der Waals surface area (Å²) in [5, 5.41) is 21.9. The van der Waals surface area contributed by atoms with Crippen molar-refractivity contribution in [1.29, 1.82) is 0 Å². The first-order chi connectivity index (χ1) is 8.03.